The number of pyridine rings is 1. The molecule has 2 aromatic heterocycles. The van der Waals surface area contributed by atoms with Crippen molar-refractivity contribution in [3.63, 3.8) is 0 Å². The molecule has 0 saturated carbocycles. The van der Waals surface area contributed by atoms with Gasteiger partial charge in [0.2, 0.25) is 5.88 Å². The molecule has 0 atom stereocenters. The Bertz CT molecular complexity index is 638. The van der Waals surface area contributed by atoms with E-state index in [1.54, 1.807) is 0 Å². The molecule has 0 bridgehead atoms. The van der Waals surface area contributed by atoms with E-state index < -0.39 is 12.1 Å². The minimum Gasteiger partial charge on any atom is -0.464 e. The molecule has 2 aromatic rings. The van der Waals surface area contributed by atoms with Crippen LogP contribution in [0.4, 0.5) is 0 Å². The van der Waals surface area contributed by atoms with Crippen LogP contribution in [0.1, 0.15) is 10.5 Å². The lowest BCUT2D eigenvalue weighted by Gasteiger charge is -2.14. The van der Waals surface area contributed by atoms with Gasteiger partial charge in [-0.3, -0.25) is 4.98 Å². The average molecular weight is 293 g/mol. The van der Waals surface area contributed by atoms with Gasteiger partial charge in [-0.25, -0.2) is 14.8 Å². The van der Waals surface area contributed by atoms with Gasteiger partial charge in [0.05, 0.1) is 25.2 Å². The molecule has 9 heteroatoms. The van der Waals surface area contributed by atoms with Crippen molar-refractivity contribution in [3.8, 4) is 17.1 Å². The van der Waals surface area contributed by atoms with Gasteiger partial charge in [-0.2, -0.15) is 0 Å². The van der Waals surface area contributed by atoms with Crippen molar-refractivity contribution in [2.75, 3.05) is 7.11 Å². The Hall–Kier alpha value is -2.62. The van der Waals surface area contributed by atoms with Crippen molar-refractivity contribution in [1.82, 2.24) is 15.0 Å². The maximum atomic E-state index is 11.4. The number of aliphatic hydroxyl groups is 3. The van der Waals surface area contributed by atoms with Gasteiger partial charge in [-0.15, -0.1) is 0 Å². The molecule has 110 valence electrons. The van der Waals surface area contributed by atoms with E-state index in [-0.39, 0.29) is 11.6 Å². The van der Waals surface area contributed by atoms with E-state index in [0.717, 1.165) is 0 Å². The van der Waals surface area contributed by atoms with E-state index in [2.05, 4.69) is 24.4 Å². The number of hydrogen-bond donors (Lipinski definition) is 3. The van der Waals surface area contributed by atoms with Gasteiger partial charge in [0, 0.05) is 17.8 Å². The zero-order valence-electron chi connectivity index (χ0n) is 10.8. The van der Waals surface area contributed by atoms with Crippen LogP contribution in [0, 0.1) is 0 Å². The first kappa shape index (κ1) is 14.8. The first-order chi connectivity index (χ1) is 9.89. The van der Waals surface area contributed by atoms with Crippen molar-refractivity contribution in [2.24, 2.45) is 0 Å². The van der Waals surface area contributed by atoms with Crippen molar-refractivity contribution in [1.29, 1.82) is 0 Å². The van der Waals surface area contributed by atoms with E-state index in [0.29, 0.717) is 11.3 Å². The van der Waals surface area contributed by atoms with Crippen LogP contribution in [0.25, 0.3) is 11.3 Å². The molecule has 2 rings (SSSR count). The quantitative estimate of drug-likeness (QED) is 0.493. The molecule has 0 spiro atoms. The fourth-order valence-electron chi connectivity index (χ4n) is 1.44. The van der Waals surface area contributed by atoms with Crippen LogP contribution in [-0.4, -0.2) is 49.5 Å². The summed E-state index contributed by atoms with van der Waals surface area (Å²) in [6.45, 7) is 0. The van der Waals surface area contributed by atoms with Crippen molar-refractivity contribution < 1.29 is 29.6 Å². The molecule has 0 aliphatic carbocycles. The van der Waals surface area contributed by atoms with Crippen molar-refractivity contribution in [2.45, 2.75) is 6.16 Å². The summed E-state index contributed by atoms with van der Waals surface area (Å²) in [6, 6.07) is 2.76. The van der Waals surface area contributed by atoms with E-state index in [4.69, 9.17) is 15.3 Å². The van der Waals surface area contributed by atoms with E-state index >= 15 is 0 Å². The lowest BCUT2D eigenvalue weighted by Crippen LogP contribution is -2.34. The van der Waals surface area contributed by atoms with Gasteiger partial charge in [0.15, 0.2) is 5.69 Å². The summed E-state index contributed by atoms with van der Waals surface area (Å²) in [5, 5.41) is 26.0. The van der Waals surface area contributed by atoms with E-state index in [9.17, 15) is 4.79 Å². The second kappa shape index (κ2) is 5.79. The molecular weight excluding hydrogens is 282 g/mol. The standard InChI is InChI=1S/C12H11N3O6/c1-20-11(16)9-6-13-5-8(15-9)7-2-3-10(14-4-7)21-12(17,18)19/h2-6,17-19H,1H3. The highest BCUT2D eigenvalue weighted by Gasteiger charge is 2.21. The summed E-state index contributed by atoms with van der Waals surface area (Å²) in [4.78, 5) is 23.0. The Morgan fingerprint density at radius 1 is 1.19 bits per heavy atom. The molecule has 0 aliphatic rings. The zero-order valence-corrected chi connectivity index (χ0v) is 10.8. The van der Waals surface area contributed by atoms with Crippen molar-refractivity contribution in [3.05, 3.63) is 36.4 Å². The summed E-state index contributed by atoms with van der Waals surface area (Å²) in [6.07, 6.45) is 0.668. The smallest absolute Gasteiger partial charge is 0.454 e. The lowest BCUT2D eigenvalue weighted by molar-refractivity contribution is -0.420. The first-order valence-electron chi connectivity index (χ1n) is 5.62. The Morgan fingerprint density at radius 3 is 2.52 bits per heavy atom. The minimum atomic E-state index is -3.31. The van der Waals surface area contributed by atoms with Gasteiger partial charge in [-0.05, 0) is 6.07 Å². The first-order valence-corrected chi connectivity index (χ1v) is 5.62. The Balaban J connectivity index is 2.25. The maximum Gasteiger partial charge on any atom is 0.454 e. The summed E-state index contributed by atoms with van der Waals surface area (Å²) in [5.41, 5.74) is 0.899. The molecule has 0 aromatic carbocycles. The van der Waals surface area contributed by atoms with Crippen LogP contribution in [0.2, 0.25) is 0 Å². The fourth-order valence-corrected chi connectivity index (χ4v) is 1.44. The Kier molecular flexibility index (Phi) is 4.08. The van der Waals surface area contributed by atoms with Gasteiger partial charge in [0.1, 0.15) is 0 Å². The van der Waals surface area contributed by atoms with Crippen LogP contribution in [0.15, 0.2) is 30.7 Å². The van der Waals surface area contributed by atoms with Crippen LogP contribution < -0.4 is 4.74 Å². The van der Waals surface area contributed by atoms with Crippen LogP contribution in [0.5, 0.6) is 5.88 Å². The SMILES string of the molecule is COC(=O)c1cncc(-c2ccc(OC(O)(O)O)nc2)n1. The lowest BCUT2D eigenvalue weighted by atomic mass is 10.2. The van der Waals surface area contributed by atoms with Gasteiger partial charge >= 0.3 is 12.1 Å². The number of methoxy groups -OCH3 is 1. The minimum absolute atomic E-state index is 0.0374. The molecule has 2 heterocycles. The highest BCUT2D eigenvalue weighted by atomic mass is 16.9. The zero-order chi connectivity index (χ0) is 15.5. The van der Waals surface area contributed by atoms with Crippen LogP contribution >= 0.6 is 0 Å². The van der Waals surface area contributed by atoms with Crippen molar-refractivity contribution >= 4 is 5.97 Å². The van der Waals surface area contributed by atoms with E-state index in [1.807, 2.05) is 0 Å². The third kappa shape index (κ3) is 3.92. The second-order valence-electron chi connectivity index (χ2n) is 3.84. The molecule has 0 radical (unpaired) electrons. The topological polar surface area (TPSA) is 135 Å². The maximum absolute atomic E-state index is 11.4. The Morgan fingerprint density at radius 2 is 1.95 bits per heavy atom. The van der Waals surface area contributed by atoms with Crippen LogP contribution in [-0.2, 0) is 4.74 Å². The fraction of sp³-hybridized carbons (Fsp3) is 0.167. The number of aromatic nitrogens is 3. The monoisotopic (exact) mass is 293 g/mol. The largest absolute Gasteiger partial charge is 0.464 e. The number of hydrogen-bond acceptors (Lipinski definition) is 9. The number of nitrogens with zero attached hydrogens (tertiary/aromatic N) is 3. The van der Waals surface area contributed by atoms with E-state index in [1.165, 1.54) is 37.8 Å². The van der Waals surface area contributed by atoms with Gasteiger partial charge < -0.3 is 24.8 Å². The molecular formula is C12H11N3O6. The molecule has 9 nitrogen and oxygen atoms in total. The van der Waals surface area contributed by atoms with Gasteiger partial charge in [-0.1, -0.05) is 0 Å². The number of esters is 1. The predicted octanol–water partition coefficient (Wildman–Crippen LogP) is -0.708. The molecule has 0 unspecified atom stereocenters. The highest BCUT2D eigenvalue weighted by Crippen LogP contribution is 2.19. The number of ether oxygens (including phenoxy) is 2. The highest BCUT2D eigenvalue weighted by molar-refractivity contribution is 5.87. The van der Waals surface area contributed by atoms with Gasteiger partial charge in [0.25, 0.3) is 0 Å². The second-order valence-corrected chi connectivity index (χ2v) is 3.84. The molecule has 0 amide bonds. The normalized spacial score (nSPS) is 11.0. The molecule has 0 saturated heterocycles. The van der Waals surface area contributed by atoms with Crippen LogP contribution in [0.3, 0.4) is 0 Å². The summed E-state index contributed by atoms with van der Waals surface area (Å²) < 4.78 is 8.86. The molecule has 0 aliphatic heterocycles. The third-order valence-corrected chi connectivity index (χ3v) is 2.30. The molecule has 0 fully saturated rings. The molecule has 21 heavy (non-hydrogen) atoms. The summed E-state index contributed by atoms with van der Waals surface area (Å²) >= 11 is 0. The third-order valence-electron chi connectivity index (χ3n) is 2.30. The Labute approximate surface area is 118 Å². The summed E-state index contributed by atoms with van der Waals surface area (Å²) in [7, 11) is 1.23. The number of rotatable bonds is 4. The number of carbonyl (C=O) groups is 1. The summed E-state index contributed by atoms with van der Waals surface area (Å²) in [5.74, 6) is -0.841. The predicted molar refractivity (Wildman–Crippen MR) is 66.6 cm³/mol. The average Bonchev–Trinajstić information content (AvgIpc) is 2.45. The molecule has 3 N–H and O–H groups in total. The number of carbonyl (C=O) groups excluding carboxylic acids is 1.